The fourth-order valence-corrected chi connectivity index (χ4v) is 2.68. The highest BCUT2D eigenvalue weighted by molar-refractivity contribution is 9.10. The summed E-state index contributed by atoms with van der Waals surface area (Å²) in [4.78, 5) is 0. The van der Waals surface area contributed by atoms with Gasteiger partial charge in [-0.1, -0.05) is 13.3 Å². The van der Waals surface area contributed by atoms with Gasteiger partial charge in [0.25, 0.3) is 0 Å². The molecule has 1 nitrogen and oxygen atoms in total. The Balaban J connectivity index is 2.67. The van der Waals surface area contributed by atoms with E-state index in [9.17, 15) is 0 Å². The van der Waals surface area contributed by atoms with Gasteiger partial charge in [0.05, 0.1) is 0 Å². The van der Waals surface area contributed by atoms with Crippen LogP contribution in [0.15, 0.2) is 15.2 Å². The summed E-state index contributed by atoms with van der Waals surface area (Å²) in [5, 5.41) is 4.19. The molecule has 0 aromatic carbocycles. The zero-order chi connectivity index (χ0) is 8.27. The zero-order valence-electron chi connectivity index (χ0n) is 6.51. The van der Waals surface area contributed by atoms with Gasteiger partial charge in [-0.25, -0.2) is 0 Å². The minimum absolute atomic E-state index is 0.209. The fourth-order valence-electron chi connectivity index (χ4n) is 1.02. The number of thiophene rings is 1. The van der Waals surface area contributed by atoms with Gasteiger partial charge in [-0.05, 0) is 33.3 Å². The molecule has 0 amide bonds. The summed E-state index contributed by atoms with van der Waals surface area (Å²) in [7, 11) is 0. The molecule has 1 aromatic rings. The Labute approximate surface area is 79.7 Å². The van der Waals surface area contributed by atoms with E-state index in [0.717, 1.165) is 17.3 Å². The van der Waals surface area contributed by atoms with Gasteiger partial charge in [0.2, 0.25) is 0 Å². The molecule has 0 aliphatic heterocycles. The van der Waals surface area contributed by atoms with Crippen LogP contribution in [0.1, 0.15) is 31.4 Å². The normalized spacial score (nSPS) is 13.4. The number of hydrogen-bond acceptors (Lipinski definition) is 2. The van der Waals surface area contributed by atoms with E-state index >= 15 is 0 Å². The minimum Gasteiger partial charge on any atom is -0.324 e. The number of rotatable bonds is 3. The quantitative estimate of drug-likeness (QED) is 0.853. The smallest absolute Gasteiger partial charge is 0.0330 e. The summed E-state index contributed by atoms with van der Waals surface area (Å²) in [6.07, 6.45) is 2.21. The molecule has 1 atom stereocenters. The van der Waals surface area contributed by atoms with E-state index in [-0.39, 0.29) is 6.04 Å². The predicted molar refractivity (Wildman–Crippen MR) is 53.9 cm³/mol. The van der Waals surface area contributed by atoms with Gasteiger partial charge in [-0.3, -0.25) is 0 Å². The summed E-state index contributed by atoms with van der Waals surface area (Å²) in [6.45, 7) is 2.15. The first kappa shape index (κ1) is 9.23. The Morgan fingerprint density at radius 1 is 1.64 bits per heavy atom. The molecule has 0 aliphatic carbocycles. The molecule has 0 fully saturated rings. The Morgan fingerprint density at radius 3 is 2.82 bits per heavy atom. The highest BCUT2D eigenvalue weighted by atomic mass is 79.9. The SMILES string of the molecule is CCCC(N)c1cscc1Br. The lowest BCUT2D eigenvalue weighted by Gasteiger charge is -2.08. The van der Waals surface area contributed by atoms with Crippen LogP contribution in [0.25, 0.3) is 0 Å². The summed E-state index contributed by atoms with van der Waals surface area (Å²) in [5.74, 6) is 0. The molecule has 1 unspecified atom stereocenters. The van der Waals surface area contributed by atoms with Crippen LogP contribution in [0.4, 0.5) is 0 Å². The third kappa shape index (κ3) is 2.29. The Hall–Kier alpha value is 0.140. The monoisotopic (exact) mass is 233 g/mol. The van der Waals surface area contributed by atoms with Crippen LogP contribution in [0.3, 0.4) is 0 Å². The van der Waals surface area contributed by atoms with Crippen molar-refractivity contribution in [3.05, 3.63) is 20.8 Å². The van der Waals surface area contributed by atoms with Crippen LogP contribution in [0.5, 0.6) is 0 Å². The van der Waals surface area contributed by atoms with E-state index in [1.54, 1.807) is 11.3 Å². The second kappa shape index (κ2) is 4.24. The third-order valence-electron chi connectivity index (χ3n) is 1.64. The zero-order valence-corrected chi connectivity index (χ0v) is 8.91. The van der Waals surface area contributed by atoms with E-state index in [0.29, 0.717) is 0 Å². The summed E-state index contributed by atoms with van der Waals surface area (Å²) in [5.41, 5.74) is 7.17. The van der Waals surface area contributed by atoms with Gasteiger partial charge < -0.3 is 5.73 Å². The molecule has 2 N–H and O–H groups in total. The number of halogens is 1. The van der Waals surface area contributed by atoms with Crippen LogP contribution in [0, 0.1) is 0 Å². The Morgan fingerprint density at radius 2 is 2.36 bits per heavy atom. The maximum atomic E-state index is 5.93. The second-order valence-corrected chi connectivity index (χ2v) is 4.17. The van der Waals surface area contributed by atoms with Crippen molar-refractivity contribution in [2.75, 3.05) is 0 Å². The summed E-state index contributed by atoms with van der Waals surface area (Å²) in [6, 6.07) is 0.209. The van der Waals surface area contributed by atoms with E-state index in [1.165, 1.54) is 5.56 Å². The topological polar surface area (TPSA) is 26.0 Å². The average Bonchev–Trinajstić information content (AvgIpc) is 2.36. The van der Waals surface area contributed by atoms with Crippen LogP contribution in [-0.4, -0.2) is 0 Å². The molecule has 1 rings (SSSR count). The Bertz CT molecular complexity index is 222. The van der Waals surface area contributed by atoms with Gasteiger partial charge in [0, 0.05) is 15.9 Å². The van der Waals surface area contributed by atoms with Gasteiger partial charge in [-0.2, -0.15) is 11.3 Å². The lowest BCUT2D eigenvalue weighted by molar-refractivity contribution is 0.638. The first-order chi connectivity index (χ1) is 5.25. The molecule has 1 heterocycles. The van der Waals surface area contributed by atoms with Gasteiger partial charge in [0.15, 0.2) is 0 Å². The molecule has 0 saturated heterocycles. The molecule has 11 heavy (non-hydrogen) atoms. The molecule has 1 aromatic heterocycles. The van der Waals surface area contributed by atoms with Crippen molar-refractivity contribution in [3.63, 3.8) is 0 Å². The third-order valence-corrected chi connectivity index (χ3v) is 3.39. The van der Waals surface area contributed by atoms with E-state index in [1.807, 2.05) is 0 Å². The fraction of sp³-hybridized carbons (Fsp3) is 0.500. The summed E-state index contributed by atoms with van der Waals surface area (Å²) < 4.78 is 1.16. The maximum absolute atomic E-state index is 5.93. The molecule has 0 saturated carbocycles. The largest absolute Gasteiger partial charge is 0.324 e. The van der Waals surface area contributed by atoms with Gasteiger partial charge in [0.1, 0.15) is 0 Å². The van der Waals surface area contributed by atoms with Gasteiger partial charge in [-0.15, -0.1) is 0 Å². The Kier molecular flexibility index (Phi) is 3.55. The van der Waals surface area contributed by atoms with Gasteiger partial charge >= 0.3 is 0 Å². The second-order valence-electron chi connectivity index (χ2n) is 2.57. The van der Waals surface area contributed by atoms with Crippen LogP contribution >= 0.6 is 27.3 Å². The van der Waals surface area contributed by atoms with E-state index < -0.39 is 0 Å². The molecule has 0 bridgehead atoms. The molecule has 62 valence electrons. The van der Waals surface area contributed by atoms with Crippen molar-refractivity contribution < 1.29 is 0 Å². The molecule has 3 heteroatoms. The molecule has 0 spiro atoms. The summed E-state index contributed by atoms with van der Waals surface area (Å²) >= 11 is 5.16. The predicted octanol–water partition coefficient (Wildman–Crippen LogP) is 3.31. The highest BCUT2D eigenvalue weighted by Crippen LogP contribution is 2.28. The molecule has 0 aliphatic rings. The minimum atomic E-state index is 0.209. The van der Waals surface area contributed by atoms with Crippen molar-refractivity contribution in [2.45, 2.75) is 25.8 Å². The van der Waals surface area contributed by atoms with Crippen LogP contribution < -0.4 is 5.73 Å². The number of nitrogens with two attached hydrogens (primary N) is 1. The van der Waals surface area contributed by atoms with Crippen LogP contribution in [0.2, 0.25) is 0 Å². The highest BCUT2D eigenvalue weighted by Gasteiger charge is 2.08. The molecular weight excluding hydrogens is 222 g/mol. The van der Waals surface area contributed by atoms with Crippen LogP contribution in [-0.2, 0) is 0 Å². The first-order valence-corrected chi connectivity index (χ1v) is 5.46. The molecular formula is C8H12BrNS. The van der Waals surface area contributed by atoms with Crippen molar-refractivity contribution in [2.24, 2.45) is 5.73 Å². The van der Waals surface area contributed by atoms with Crippen molar-refractivity contribution in [1.29, 1.82) is 0 Å². The maximum Gasteiger partial charge on any atom is 0.0330 e. The van der Waals surface area contributed by atoms with Crippen molar-refractivity contribution >= 4 is 27.3 Å². The first-order valence-electron chi connectivity index (χ1n) is 3.73. The van der Waals surface area contributed by atoms with E-state index in [2.05, 4.69) is 33.6 Å². The average molecular weight is 234 g/mol. The van der Waals surface area contributed by atoms with E-state index in [4.69, 9.17) is 5.73 Å². The lowest BCUT2D eigenvalue weighted by Crippen LogP contribution is -2.08. The van der Waals surface area contributed by atoms with Crippen molar-refractivity contribution in [3.8, 4) is 0 Å². The standard InChI is InChI=1S/C8H12BrNS/c1-2-3-8(10)6-4-11-5-7(6)9/h4-5,8H,2-3,10H2,1H3. The molecule has 0 radical (unpaired) electrons. The number of hydrogen-bond donors (Lipinski definition) is 1. The lowest BCUT2D eigenvalue weighted by atomic mass is 10.1. The van der Waals surface area contributed by atoms with Crippen molar-refractivity contribution in [1.82, 2.24) is 0 Å².